The third-order valence-electron chi connectivity index (χ3n) is 2.65. The van der Waals surface area contributed by atoms with Gasteiger partial charge in [0.15, 0.2) is 0 Å². The van der Waals surface area contributed by atoms with Crippen molar-refractivity contribution in [3.63, 3.8) is 0 Å². The third-order valence-corrected chi connectivity index (χ3v) is 4.05. The number of hydrogen-bond donors (Lipinski definition) is 1. The van der Waals surface area contributed by atoms with Gasteiger partial charge in [-0.25, -0.2) is 0 Å². The molecule has 0 aliphatic rings. The van der Waals surface area contributed by atoms with Gasteiger partial charge >= 0.3 is 5.97 Å². The first-order valence-electron chi connectivity index (χ1n) is 5.89. The molecule has 2 aromatic carbocycles. The molecule has 0 bridgehead atoms. The lowest BCUT2D eigenvalue weighted by Crippen LogP contribution is -2.01. The van der Waals surface area contributed by atoms with Crippen LogP contribution in [0.3, 0.4) is 0 Å². The van der Waals surface area contributed by atoms with Gasteiger partial charge in [-0.2, -0.15) is 0 Å². The Morgan fingerprint density at radius 3 is 2.62 bits per heavy atom. The predicted molar refractivity (Wildman–Crippen MR) is 80.0 cm³/mol. The number of benzene rings is 2. The number of aliphatic carboxylic acids is 1. The zero-order chi connectivity index (χ0) is 15.4. The van der Waals surface area contributed by atoms with Crippen molar-refractivity contribution in [1.82, 2.24) is 0 Å². The summed E-state index contributed by atoms with van der Waals surface area (Å²) >= 11 is 7.02. The first-order chi connectivity index (χ1) is 9.97. The van der Waals surface area contributed by atoms with Gasteiger partial charge in [0.2, 0.25) is 0 Å². The van der Waals surface area contributed by atoms with Gasteiger partial charge in [-0.3, -0.25) is 14.9 Å². The van der Waals surface area contributed by atoms with Gasteiger partial charge in [-0.05, 0) is 23.8 Å². The summed E-state index contributed by atoms with van der Waals surface area (Å²) in [6.07, 6.45) is -0.141. The van der Waals surface area contributed by atoms with E-state index in [1.165, 1.54) is 18.2 Å². The molecule has 21 heavy (non-hydrogen) atoms. The molecular weight excluding hydrogens is 314 g/mol. The number of rotatable bonds is 5. The number of carbonyl (C=O) groups is 1. The van der Waals surface area contributed by atoms with E-state index in [-0.39, 0.29) is 12.1 Å². The zero-order valence-corrected chi connectivity index (χ0v) is 12.2. The van der Waals surface area contributed by atoms with E-state index in [1.807, 2.05) is 0 Å². The fraction of sp³-hybridized carbons (Fsp3) is 0.0714. The number of nitrogens with zero attached hydrogens (tertiary/aromatic N) is 1. The molecule has 0 atom stereocenters. The summed E-state index contributed by atoms with van der Waals surface area (Å²) in [5, 5.41) is 20.3. The number of hydrogen-bond acceptors (Lipinski definition) is 4. The van der Waals surface area contributed by atoms with E-state index in [4.69, 9.17) is 16.7 Å². The van der Waals surface area contributed by atoms with E-state index in [2.05, 4.69) is 0 Å². The number of nitro benzene ring substituents is 1. The van der Waals surface area contributed by atoms with Crippen molar-refractivity contribution >= 4 is 35.0 Å². The average molecular weight is 324 g/mol. The highest BCUT2D eigenvalue weighted by Crippen LogP contribution is 2.38. The Morgan fingerprint density at radius 2 is 1.95 bits per heavy atom. The van der Waals surface area contributed by atoms with Gasteiger partial charge in [-0.1, -0.05) is 41.6 Å². The summed E-state index contributed by atoms with van der Waals surface area (Å²) in [4.78, 5) is 22.5. The second kappa shape index (κ2) is 6.60. The van der Waals surface area contributed by atoms with E-state index in [0.717, 1.165) is 11.8 Å². The number of carboxylic acid groups (broad SMARTS) is 1. The van der Waals surface area contributed by atoms with Crippen LogP contribution in [0.25, 0.3) is 0 Å². The Bertz CT molecular complexity index is 705. The van der Waals surface area contributed by atoms with Crippen LogP contribution in [0.15, 0.2) is 52.3 Å². The minimum absolute atomic E-state index is 0.0606. The predicted octanol–water partition coefficient (Wildman–Crippen LogP) is 4.03. The molecule has 0 amide bonds. The van der Waals surface area contributed by atoms with Crippen LogP contribution in [0.5, 0.6) is 0 Å². The minimum atomic E-state index is -0.955. The molecule has 7 heteroatoms. The lowest BCUT2D eigenvalue weighted by Gasteiger charge is -2.08. The normalized spacial score (nSPS) is 10.3. The molecule has 108 valence electrons. The molecule has 5 nitrogen and oxygen atoms in total. The highest BCUT2D eigenvalue weighted by atomic mass is 35.5. The lowest BCUT2D eigenvalue weighted by atomic mass is 10.1. The van der Waals surface area contributed by atoms with Crippen LogP contribution < -0.4 is 0 Å². The summed E-state index contributed by atoms with van der Waals surface area (Å²) in [7, 11) is 0. The summed E-state index contributed by atoms with van der Waals surface area (Å²) in [5.41, 5.74) is 0.541. The van der Waals surface area contributed by atoms with E-state index >= 15 is 0 Å². The fourth-order valence-corrected chi connectivity index (χ4v) is 3.08. The SMILES string of the molecule is O=C(O)Cc1ccccc1Sc1cc(Cl)ccc1[N+](=O)[O-]. The molecule has 0 unspecified atom stereocenters. The number of carboxylic acids is 1. The van der Waals surface area contributed by atoms with Crippen LogP contribution in [0.2, 0.25) is 5.02 Å². The second-order valence-corrected chi connectivity index (χ2v) is 5.67. The van der Waals surface area contributed by atoms with E-state index in [1.54, 1.807) is 24.3 Å². The molecule has 2 rings (SSSR count). The van der Waals surface area contributed by atoms with Gasteiger partial charge in [0.05, 0.1) is 16.2 Å². The maximum atomic E-state index is 11.0. The largest absolute Gasteiger partial charge is 0.481 e. The first-order valence-corrected chi connectivity index (χ1v) is 7.08. The number of halogens is 1. The Morgan fingerprint density at radius 1 is 1.24 bits per heavy atom. The first kappa shape index (κ1) is 15.3. The summed E-state index contributed by atoms with van der Waals surface area (Å²) in [5.74, 6) is -0.955. The highest BCUT2D eigenvalue weighted by Gasteiger charge is 2.17. The molecule has 1 N–H and O–H groups in total. The molecule has 0 fully saturated rings. The fourth-order valence-electron chi connectivity index (χ4n) is 1.75. The van der Waals surface area contributed by atoms with Gasteiger partial charge in [0.25, 0.3) is 5.69 Å². The standard InChI is InChI=1S/C14H10ClNO4S/c15-10-5-6-11(16(19)20)13(8-10)21-12-4-2-1-3-9(12)7-14(17)18/h1-6,8H,7H2,(H,17,18). The molecule has 2 aromatic rings. The summed E-state index contributed by atoms with van der Waals surface area (Å²) in [6, 6.07) is 11.2. The quantitative estimate of drug-likeness (QED) is 0.663. The lowest BCUT2D eigenvalue weighted by molar-refractivity contribution is -0.387. The highest BCUT2D eigenvalue weighted by molar-refractivity contribution is 7.99. The Kier molecular flexibility index (Phi) is 4.82. The van der Waals surface area contributed by atoms with Crippen LogP contribution in [-0.2, 0) is 11.2 Å². The van der Waals surface area contributed by atoms with Crippen LogP contribution >= 0.6 is 23.4 Å². The molecule has 0 aromatic heterocycles. The van der Waals surface area contributed by atoms with Crippen LogP contribution in [0.4, 0.5) is 5.69 Å². The molecule has 0 saturated heterocycles. The Labute approximate surface area is 129 Å². The summed E-state index contributed by atoms with van der Waals surface area (Å²) in [6.45, 7) is 0. The number of nitro groups is 1. The minimum Gasteiger partial charge on any atom is -0.481 e. The van der Waals surface area contributed by atoms with Gasteiger partial charge < -0.3 is 5.11 Å². The smallest absolute Gasteiger partial charge is 0.307 e. The van der Waals surface area contributed by atoms with E-state index < -0.39 is 10.9 Å². The molecule has 0 aliphatic carbocycles. The van der Waals surface area contributed by atoms with Crippen molar-refractivity contribution in [1.29, 1.82) is 0 Å². The van der Waals surface area contributed by atoms with Crippen LogP contribution in [0.1, 0.15) is 5.56 Å². The van der Waals surface area contributed by atoms with E-state index in [9.17, 15) is 14.9 Å². The molecular formula is C14H10ClNO4S. The van der Waals surface area contributed by atoms with Crippen molar-refractivity contribution in [2.24, 2.45) is 0 Å². The zero-order valence-electron chi connectivity index (χ0n) is 10.7. The Balaban J connectivity index is 2.40. The van der Waals surface area contributed by atoms with Crippen molar-refractivity contribution in [2.45, 2.75) is 16.2 Å². The second-order valence-electron chi connectivity index (χ2n) is 4.15. The third kappa shape index (κ3) is 3.96. The van der Waals surface area contributed by atoms with Crippen molar-refractivity contribution in [3.05, 3.63) is 63.2 Å². The van der Waals surface area contributed by atoms with Crippen molar-refractivity contribution in [3.8, 4) is 0 Å². The van der Waals surface area contributed by atoms with Gasteiger partial charge in [-0.15, -0.1) is 0 Å². The topological polar surface area (TPSA) is 80.4 Å². The molecule has 0 saturated carbocycles. The molecule has 0 heterocycles. The van der Waals surface area contributed by atoms with E-state index in [0.29, 0.717) is 20.4 Å². The van der Waals surface area contributed by atoms with Crippen molar-refractivity contribution in [2.75, 3.05) is 0 Å². The van der Waals surface area contributed by atoms with Gasteiger partial charge in [0.1, 0.15) is 0 Å². The Hall–Kier alpha value is -2.05. The molecule has 0 spiro atoms. The molecule has 0 radical (unpaired) electrons. The van der Waals surface area contributed by atoms with Gasteiger partial charge in [0, 0.05) is 16.0 Å². The maximum Gasteiger partial charge on any atom is 0.307 e. The average Bonchev–Trinajstić information content (AvgIpc) is 2.40. The summed E-state index contributed by atoms with van der Waals surface area (Å²) < 4.78 is 0. The molecule has 0 aliphatic heterocycles. The van der Waals surface area contributed by atoms with Crippen LogP contribution in [-0.4, -0.2) is 16.0 Å². The monoisotopic (exact) mass is 323 g/mol. The van der Waals surface area contributed by atoms with Crippen LogP contribution in [0, 0.1) is 10.1 Å². The van der Waals surface area contributed by atoms with Crippen molar-refractivity contribution < 1.29 is 14.8 Å². The maximum absolute atomic E-state index is 11.0.